The second-order valence-corrected chi connectivity index (χ2v) is 6.24. The van der Waals surface area contributed by atoms with Crippen LogP contribution in [0.4, 0.5) is 5.69 Å². The van der Waals surface area contributed by atoms with Crippen LogP contribution in [0.3, 0.4) is 0 Å². The Morgan fingerprint density at radius 2 is 2.31 bits per heavy atom. The molecule has 0 N–H and O–H groups in total. The van der Waals surface area contributed by atoms with Crippen molar-refractivity contribution >= 4 is 33.1 Å². The van der Waals surface area contributed by atoms with Crippen molar-refractivity contribution in [1.29, 1.82) is 0 Å². The average molecular weight is 371 g/mol. The van der Waals surface area contributed by atoms with Gasteiger partial charge in [-0.3, -0.25) is 19.6 Å². The first-order valence-electron chi connectivity index (χ1n) is 7.32. The Kier molecular flexibility index (Phi) is 4.55. The van der Waals surface area contributed by atoms with Gasteiger partial charge in [0.1, 0.15) is 5.56 Å². The predicted octanol–water partition coefficient (Wildman–Crippen LogP) is 1.73. The number of methoxy groups -OCH3 is 1. The van der Waals surface area contributed by atoms with E-state index in [0.29, 0.717) is 15.0 Å². The van der Waals surface area contributed by atoms with E-state index in [0.717, 1.165) is 11.3 Å². The maximum Gasteiger partial charge on any atom is 0.286 e. The van der Waals surface area contributed by atoms with Crippen molar-refractivity contribution in [3.63, 3.8) is 0 Å². The first-order valence-corrected chi connectivity index (χ1v) is 8.14. The molecule has 26 heavy (non-hydrogen) atoms. The summed E-state index contributed by atoms with van der Waals surface area (Å²) in [5, 5.41) is 15.0. The number of non-ortho nitro benzene ring substituents is 1. The number of ether oxygens (including phenoxy) is 1. The molecular weight excluding hydrogens is 358 g/mol. The summed E-state index contributed by atoms with van der Waals surface area (Å²) in [6, 6.07) is 4.41. The number of aromatic nitrogens is 3. The van der Waals surface area contributed by atoms with Gasteiger partial charge in [0, 0.05) is 25.4 Å². The number of hydrogen-bond acceptors (Lipinski definition) is 6. The molecule has 0 unspecified atom stereocenters. The summed E-state index contributed by atoms with van der Waals surface area (Å²) in [6.07, 6.45) is 6.92. The fourth-order valence-electron chi connectivity index (χ4n) is 2.42. The number of fused-ring (bicyclic) bond motifs is 1. The fourth-order valence-corrected chi connectivity index (χ4v) is 3.48. The van der Waals surface area contributed by atoms with Crippen LogP contribution in [-0.2, 0) is 13.6 Å². The molecule has 10 heteroatoms. The Morgan fingerprint density at radius 3 is 2.96 bits per heavy atom. The van der Waals surface area contributed by atoms with Crippen molar-refractivity contribution in [3.8, 4) is 18.2 Å². The van der Waals surface area contributed by atoms with Gasteiger partial charge in [-0.1, -0.05) is 17.3 Å². The van der Waals surface area contributed by atoms with Crippen LogP contribution < -0.4 is 9.54 Å². The van der Waals surface area contributed by atoms with Crippen molar-refractivity contribution in [2.75, 3.05) is 7.11 Å². The van der Waals surface area contributed by atoms with E-state index >= 15 is 0 Å². The van der Waals surface area contributed by atoms with E-state index in [4.69, 9.17) is 11.2 Å². The summed E-state index contributed by atoms with van der Waals surface area (Å²) in [7, 11) is 3.08. The van der Waals surface area contributed by atoms with Gasteiger partial charge >= 0.3 is 0 Å². The SMILES string of the molecule is C#CCn1c(=NC(=O)c2cn(C)nc2OC)sc2cc([N+](=O)[O-])ccc21. The van der Waals surface area contributed by atoms with Crippen LogP contribution in [0.5, 0.6) is 5.88 Å². The number of nitro benzene ring substituents is 1. The van der Waals surface area contributed by atoms with Crippen LogP contribution in [0.25, 0.3) is 10.2 Å². The molecule has 0 spiro atoms. The van der Waals surface area contributed by atoms with Crippen LogP contribution in [0, 0.1) is 22.5 Å². The molecule has 2 heterocycles. The molecule has 0 radical (unpaired) electrons. The summed E-state index contributed by atoms with van der Waals surface area (Å²) in [6.45, 7) is 0.175. The van der Waals surface area contributed by atoms with Crippen molar-refractivity contribution in [2.45, 2.75) is 6.54 Å². The van der Waals surface area contributed by atoms with Crippen LogP contribution >= 0.6 is 11.3 Å². The van der Waals surface area contributed by atoms with Crippen LogP contribution in [0.1, 0.15) is 10.4 Å². The summed E-state index contributed by atoms with van der Waals surface area (Å²) in [5.74, 6) is 2.13. The lowest BCUT2D eigenvalue weighted by Gasteiger charge is -1.99. The quantitative estimate of drug-likeness (QED) is 0.395. The number of terminal acetylenes is 1. The number of rotatable bonds is 4. The zero-order valence-electron chi connectivity index (χ0n) is 13.9. The largest absolute Gasteiger partial charge is 0.479 e. The van der Waals surface area contributed by atoms with Gasteiger partial charge in [-0.2, -0.15) is 4.99 Å². The molecular formula is C16H13N5O4S. The zero-order chi connectivity index (χ0) is 18.8. The monoisotopic (exact) mass is 371 g/mol. The second-order valence-electron chi connectivity index (χ2n) is 5.23. The normalized spacial score (nSPS) is 11.5. The number of carbonyl (C=O) groups is 1. The lowest BCUT2D eigenvalue weighted by atomic mass is 10.3. The Balaban J connectivity index is 2.17. The smallest absolute Gasteiger partial charge is 0.286 e. The minimum Gasteiger partial charge on any atom is -0.479 e. The van der Waals surface area contributed by atoms with E-state index in [9.17, 15) is 14.9 Å². The Morgan fingerprint density at radius 1 is 1.54 bits per heavy atom. The van der Waals surface area contributed by atoms with E-state index in [-0.39, 0.29) is 23.7 Å². The molecule has 3 rings (SSSR count). The summed E-state index contributed by atoms with van der Waals surface area (Å²) >= 11 is 1.15. The second kappa shape index (κ2) is 6.81. The Hall–Kier alpha value is -3.45. The first-order chi connectivity index (χ1) is 12.4. The highest BCUT2D eigenvalue weighted by Gasteiger charge is 2.17. The number of aryl methyl sites for hydroxylation is 1. The molecule has 132 valence electrons. The highest BCUT2D eigenvalue weighted by molar-refractivity contribution is 7.16. The summed E-state index contributed by atoms with van der Waals surface area (Å²) in [5.41, 5.74) is 0.840. The number of hydrogen-bond donors (Lipinski definition) is 0. The number of amides is 1. The molecule has 0 fully saturated rings. The molecule has 0 bridgehead atoms. The highest BCUT2D eigenvalue weighted by Crippen LogP contribution is 2.23. The molecule has 0 aliphatic carbocycles. The van der Waals surface area contributed by atoms with Gasteiger partial charge in [0.15, 0.2) is 4.80 Å². The Labute approximate surface area is 151 Å². The minimum absolute atomic E-state index is 0.0431. The van der Waals surface area contributed by atoms with Crippen molar-refractivity contribution < 1.29 is 14.5 Å². The van der Waals surface area contributed by atoms with Gasteiger partial charge in [-0.05, 0) is 6.07 Å². The molecule has 1 amide bonds. The van der Waals surface area contributed by atoms with Crippen molar-refractivity contribution in [1.82, 2.24) is 14.3 Å². The highest BCUT2D eigenvalue weighted by atomic mass is 32.1. The number of benzene rings is 1. The number of carbonyl (C=O) groups excluding carboxylic acids is 1. The molecule has 0 saturated heterocycles. The molecule has 2 aromatic heterocycles. The van der Waals surface area contributed by atoms with Gasteiger partial charge in [0.25, 0.3) is 11.6 Å². The number of nitrogens with zero attached hydrogens (tertiary/aromatic N) is 5. The third kappa shape index (κ3) is 3.07. The van der Waals surface area contributed by atoms with Crippen LogP contribution in [-0.4, -0.2) is 32.3 Å². The topological polar surface area (TPSA) is 105 Å². The summed E-state index contributed by atoms with van der Waals surface area (Å²) in [4.78, 5) is 27.5. The van der Waals surface area contributed by atoms with Crippen molar-refractivity contribution in [3.05, 3.63) is 44.9 Å². The molecule has 9 nitrogen and oxygen atoms in total. The Bertz CT molecular complexity index is 1130. The van der Waals surface area contributed by atoms with Gasteiger partial charge in [0.2, 0.25) is 5.88 Å². The van der Waals surface area contributed by atoms with E-state index < -0.39 is 10.8 Å². The zero-order valence-corrected chi connectivity index (χ0v) is 14.7. The predicted molar refractivity (Wildman–Crippen MR) is 95.0 cm³/mol. The molecule has 0 saturated carbocycles. The lowest BCUT2D eigenvalue weighted by molar-refractivity contribution is -0.384. The van der Waals surface area contributed by atoms with E-state index in [1.54, 1.807) is 17.7 Å². The van der Waals surface area contributed by atoms with Crippen LogP contribution in [0.15, 0.2) is 29.4 Å². The number of thiazole rings is 1. The standard InChI is InChI=1S/C16H13N5O4S/c1-4-7-20-12-6-5-10(21(23)24)8-13(12)26-16(20)17-14(22)11-9-19(2)18-15(11)25-3/h1,5-6,8-9H,7H2,2-3H3. The number of nitro groups is 1. The fraction of sp³-hybridized carbons (Fsp3) is 0.188. The molecule has 1 aromatic carbocycles. The van der Waals surface area contributed by atoms with Crippen molar-refractivity contribution in [2.24, 2.45) is 12.0 Å². The minimum atomic E-state index is -0.540. The van der Waals surface area contributed by atoms with Gasteiger partial charge in [-0.25, -0.2) is 0 Å². The molecule has 0 aliphatic heterocycles. The van der Waals surface area contributed by atoms with Gasteiger partial charge in [-0.15, -0.1) is 11.5 Å². The van der Waals surface area contributed by atoms with Gasteiger partial charge in [0.05, 0.1) is 28.8 Å². The first kappa shape index (κ1) is 17.4. The molecule has 0 atom stereocenters. The third-order valence-corrected chi connectivity index (χ3v) is 4.58. The van der Waals surface area contributed by atoms with E-state index in [1.165, 1.54) is 30.1 Å². The van der Waals surface area contributed by atoms with Gasteiger partial charge < -0.3 is 9.30 Å². The maximum atomic E-state index is 12.5. The molecule has 3 aromatic rings. The third-order valence-electron chi connectivity index (χ3n) is 3.54. The lowest BCUT2D eigenvalue weighted by Crippen LogP contribution is -2.16. The van der Waals surface area contributed by atoms with E-state index in [1.807, 2.05) is 0 Å². The molecule has 0 aliphatic rings. The average Bonchev–Trinajstić information content (AvgIpc) is 3.15. The van der Waals surface area contributed by atoms with E-state index in [2.05, 4.69) is 16.0 Å². The van der Waals surface area contributed by atoms with Crippen LogP contribution in [0.2, 0.25) is 0 Å². The maximum absolute atomic E-state index is 12.5. The summed E-state index contributed by atoms with van der Waals surface area (Å²) < 4.78 is 8.80.